The molecule has 2 nitrogen and oxygen atoms in total. The monoisotopic (exact) mass is 300 g/mol. The van der Waals surface area contributed by atoms with E-state index in [-0.39, 0.29) is 0 Å². The van der Waals surface area contributed by atoms with E-state index in [0.29, 0.717) is 0 Å². The Labute approximate surface area is 92.8 Å². The summed E-state index contributed by atoms with van der Waals surface area (Å²) >= 11 is 6.74. The van der Waals surface area contributed by atoms with Crippen molar-refractivity contribution in [1.82, 2.24) is 9.78 Å². The number of aromatic nitrogens is 2. The van der Waals surface area contributed by atoms with Gasteiger partial charge < -0.3 is 0 Å². The molecular weight excluding hydrogens is 296 g/mol. The van der Waals surface area contributed by atoms with Gasteiger partial charge in [-0.15, -0.1) is 0 Å². The molecule has 0 saturated heterocycles. The Morgan fingerprint density at radius 1 is 1.08 bits per heavy atom. The van der Waals surface area contributed by atoms with Crippen molar-refractivity contribution in [2.24, 2.45) is 0 Å². The molecular formula is C9H6Br2N2. The summed E-state index contributed by atoms with van der Waals surface area (Å²) in [5, 5.41) is 4.27. The van der Waals surface area contributed by atoms with Gasteiger partial charge in [-0.2, -0.15) is 5.10 Å². The number of rotatable bonds is 1. The molecule has 0 aliphatic rings. The van der Waals surface area contributed by atoms with Crippen LogP contribution in [0.3, 0.4) is 0 Å². The van der Waals surface area contributed by atoms with Crippen molar-refractivity contribution in [2.75, 3.05) is 0 Å². The van der Waals surface area contributed by atoms with Crippen LogP contribution in [0, 0.1) is 0 Å². The van der Waals surface area contributed by atoms with Gasteiger partial charge in [-0.05, 0) is 44.0 Å². The number of benzene rings is 1. The Bertz CT molecular complexity index is 409. The lowest BCUT2D eigenvalue weighted by atomic mass is 10.3. The Morgan fingerprint density at radius 3 is 2.31 bits per heavy atom. The van der Waals surface area contributed by atoms with Crippen LogP contribution in [0.15, 0.2) is 45.6 Å². The fourth-order valence-corrected chi connectivity index (χ4v) is 2.27. The van der Waals surface area contributed by atoms with E-state index in [9.17, 15) is 0 Å². The van der Waals surface area contributed by atoms with Crippen LogP contribution in [0.4, 0.5) is 0 Å². The molecule has 0 saturated carbocycles. The summed E-state index contributed by atoms with van der Waals surface area (Å²) in [6.45, 7) is 0. The molecule has 0 bridgehead atoms. The molecule has 2 rings (SSSR count). The number of para-hydroxylation sites is 1. The lowest BCUT2D eigenvalue weighted by Gasteiger charge is -2.00. The van der Waals surface area contributed by atoms with Crippen LogP contribution in [0.5, 0.6) is 0 Å². The Balaban J connectivity index is 2.53. The first kappa shape index (κ1) is 8.97. The molecule has 0 unspecified atom stereocenters. The summed E-state index contributed by atoms with van der Waals surface area (Å²) in [5.74, 6) is 0. The van der Waals surface area contributed by atoms with E-state index in [1.807, 2.05) is 41.1 Å². The van der Waals surface area contributed by atoms with E-state index >= 15 is 0 Å². The molecule has 0 aliphatic carbocycles. The van der Waals surface area contributed by atoms with E-state index in [4.69, 9.17) is 0 Å². The summed E-state index contributed by atoms with van der Waals surface area (Å²) in [5.41, 5.74) is 1.04. The molecule has 1 heterocycles. The van der Waals surface area contributed by atoms with Gasteiger partial charge in [-0.1, -0.05) is 18.2 Å². The minimum atomic E-state index is 0.822. The van der Waals surface area contributed by atoms with Crippen molar-refractivity contribution in [2.45, 2.75) is 0 Å². The van der Waals surface area contributed by atoms with Crippen molar-refractivity contribution >= 4 is 31.9 Å². The molecule has 0 radical (unpaired) electrons. The third-order valence-corrected chi connectivity index (χ3v) is 2.59. The molecule has 66 valence electrons. The van der Waals surface area contributed by atoms with E-state index in [1.54, 1.807) is 0 Å². The van der Waals surface area contributed by atoms with Gasteiger partial charge in [0.15, 0.2) is 0 Å². The topological polar surface area (TPSA) is 17.8 Å². The lowest BCUT2D eigenvalue weighted by molar-refractivity contribution is 0.852. The zero-order chi connectivity index (χ0) is 9.26. The SMILES string of the molecule is Brc1cc(Br)n(-c2ccccc2)n1. The van der Waals surface area contributed by atoms with Crippen LogP contribution in [-0.2, 0) is 0 Å². The van der Waals surface area contributed by atoms with E-state index in [1.165, 1.54) is 0 Å². The van der Waals surface area contributed by atoms with Crippen LogP contribution in [0.1, 0.15) is 0 Å². The van der Waals surface area contributed by atoms with Crippen molar-refractivity contribution < 1.29 is 0 Å². The van der Waals surface area contributed by atoms with Crippen LogP contribution in [-0.4, -0.2) is 9.78 Å². The van der Waals surface area contributed by atoms with E-state index in [2.05, 4.69) is 37.0 Å². The zero-order valence-corrected chi connectivity index (χ0v) is 9.79. The summed E-state index contributed by atoms with van der Waals surface area (Å²) in [4.78, 5) is 0. The third kappa shape index (κ3) is 1.84. The highest BCUT2D eigenvalue weighted by Crippen LogP contribution is 2.20. The maximum Gasteiger partial charge on any atom is 0.129 e. The minimum Gasteiger partial charge on any atom is -0.226 e. The number of halogens is 2. The second-order valence-corrected chi connectivity index (χ2v) is 4.16. The van der Waals surface area contributed by atoms with Gasteiger partial charge in [0.2, 0.25) is 0 Å². The zero-order valence-electron chi connectivity index (χ0n) is 6.61. The average molecular weight is 302 g/mol. The van der Waals surface area contributed by atoms with Gasteiger partial charge in [0.05, 0.1) is 5.69 Å². The van der Waals surface area contributed by atoms with Crippen molar-refractivity contribution in [3.05, 3.63) is 45.6 Å². The first-order valence-corrected chi connectivity index (χ1v) is 5.32. The van der Waals surface area contributed by atoms with Crippen molar-refractivity contribution in [1.29, 1.82) is 0 Å². The number of hydrogen-bond acceptors (Lipinski definition) is 1. The molecule has 4 heteroatoms. The normalized spacial score (nSPS) is 10.3. The van der Waals surface area contributed by atoms with Crippen LogP contribution >= 0.6 is 31.9 Å². The Morgan fingerprint density at radius 2 is 1.77 bits per heavy atom. The molecule has 13 heavy (non-hydrogen) atoms. The van der Waals surface area contributed by atoms with Gasteiger partial charge in [0.1, 0.15) is 9.21 Å². The molecule has 0 spiro atoms. The van der Waals surface area contributed by atoms with E-state index < -0.39 is 0 Å². The van der Waals surface area contributed by atoms with E-state index in [0.717, 1.165) is 14.9 Å². The molecule has 0 amide bonds. The smallest absolute Gasteiger partial charge is 0.129 e. The Kier molecular flexibility index (Phi) is 2.51. The number of nitrogens with zero attached hydrogens (tertiary/aromatic N) is 2. The van der Waals surface area contributed by atoms with Crippen LogP contribution in [0.2, 0.25) is 0 Å². The second kappa shape index (κ2) is 3.64. The molecule has 0 N–H and O–H groups in total. The van der Waals surface area contributed by atoms with Crippen LogP contribution < -0.4 is 0 Å². The number of hydrogen-bond donors (Lipinski definition) is 0. The predicted octanol–water partition coefficient (Wildman–Crippen LogP) is 3.40. The van der Waals surface area contributed by atoms with Gasteiger partial charge in [-0.3, -0.25) is 0 Å². The highest BCUT2D eigenvalue weighted by atomic mass is 79.9. The Hall–Kier alpha value is -0.610. The first-order chi connectivity index (χ1) is 6.27. The molecule has 0 atom stereocenters. The van der Waals surface area contributed by atoms with Crippen molar-refractivity contribution in [3.63, 3.8) is 0 Å². The van der Waals surface area contributed by atoms with Crippen LogP contribution in [0.25, 0.3) is 5.69 Å². The maximum atomic E-state index is 4.27. The van der Waals surface area contributed by atoms with Gasteiger partial charge in [0.25, 0.3) is 0 Å². The molecule has 0 fully saturated rings. The predicted molar refractivity (Wildman–Crippen MR) is 59.0 cm³/mol. The second-order valence-electron chi connectivity index (χ2n) is 2.54. The standard InChI is InChI=1S/C9H6Br2N2/c10-8-6-9(11)13(12-8)7-4-2-1-3-5-7/h1-6H. The highest BCUT2D eigenvalue weighted by Gasteiger charge is 2.03. The lowest BCUT2D eigenvalue weighted by Crippen LogP contribution is -1.95. The van der Waals surface area contributed by atoms with Gasteiger partial charge in [-0.25, -0.2) is 4.68 Å². The minimum absolute atomic E-state index is 0.822. The largest absolute Gasteiger partial charge is 0.226 e. The first-order valence-electron chi connectivity index (χ1n) is 3.74. The van der Waals surface area contributed by atoms with Crippen molar-refractivity contribution in [3.8, 4) is 5.69 Å². The third-order valence-electron chi connectivity index (χ3n) is 1.64. The molecule has 1 aromatic carbocycles. The van der Waals surface area contributed by atoms with Gasteiger partial charge >= 0.3 is 0 Å². The average Bonchev–Trinajstić information content (AvgIpc) is 2.47. The quantitative estimate of drug-likeness (QED) is 0.789. The molecule has 0 aliphatic heterocycles. The fourth-order valence-electron chi connectivity index (χ4n) is 1.08. The summed E-state index contributed by atoms with van der Waals surface area (Å²) in [6, 6.07) is 11.9. The fraction of sp³-hybridized carbons (Fsp3) is 0. The maximum absolute atomic E-state index is 4.27. The summed E-state index contributed by atoms with van der Waals surface area (Å²) < 4.78 is 3.58. The summed E-state index contributed by atoms with van der Waals surface area (Å²) in [7, 11) is 0. The highest BCUT2D eigenvalue weighted by molar-refractivity contribution is 9.11. The molecule has 1 aromatic heterocycles. The molecule has 2 aromatic rings. The van der Waals surface area contributed by atoms with Gasteiger partial charge in [0, 0.05) is 6.07 Å². The summed E-state index contributed by atoms with van der Waals surface area (Å²) in [6.07, 6.45) is 0.